The summed E-state index contributed by atoms with van der Waals surface area (Å²) in [5, 5.41) is 9.86. The molecule has 0 saturated carbocycles. The second kappa shape index (κ2) is 4.27. The summed E-state index contributed by atoms with van der Waals surface area (Å²) in [4.78, 5) is 0. The lowest BCUT2D eigenvalue weighted by molar-refractivity contribution is 0.249. The zero-order valence-corrected chi connectivity index (χ0v) is 10.5. The van der Waals surface area contributed by atoms with Crippen molar-refractivity contribution < 1.29 is 9.84 Å². The van der Waals surface area contributed by atoms with Gasteiger partial charge in [0, 0.05) is 23.6 Å². The Kier molecular flexibility index (Phi) is 3.13. The molecule has 0 spiro atoms. The van der Waals surface area contributed by atoms with E-state index in [0.29, 0.717) is 6.42 Å². The fourth-order valence-electron chi connectivity index (χ4n) is 2.19. The molecule has 1 heterocycles. The number of benzene rings is 1. The Hall–Kier alpha value is -0.730. The van der Waals surface area contributed by atoms with Gasteiger partial charge >= 0.3 is 0 Å². The molecule has 2 rings (SSSR count). The molecular weight excluding hydrogens is 224 g/mol. The molecule has 0 unspecified atom stereocenters. The number of rotatable bonds is 3. The molecule has 0 bridgehead atoms. The highest BCUT2D eigenvalue weighted by molar-refractivity contribution is 6.30. The lowest BCUT2D eigenvalue weighted by Gasteiger charge is -2.26. The summed E-state index contributed by atoms with van der Waals surface area (Å²) in [6.07, 6.45) is 1.64. The number of aliphatic hydroxyl groups excluding tert-OH is 1. The van der Waals surface area contributed by atoms with E-state index in [1.54, 1.807) is 0 Å². The fourth-order valence-corrected chi connectivity index (χ4v) is 2.43. The second-order valence-electron chi connectivity index (χ2n) is 4.90. The lowest BCUT2D eigenvalue weighted by Crippen LogP contribution is -2.19. The van der Waals surface area contributed by atoms with Crippen LogP contribution in [-0.2, 0) is 11.8 Å². The molecule has 1 aliphatic heterocycles. The molecule has 1 aromatic carbocycles. The normalized spacial score (nSPS) is 14.8. The zero-order valence-electron chi connectivity index (χ0n) is 9.72. The third kappa shape index (κ3) is 2.04. The van der Waals surface area contributed by atoms with Gasteiger partial charge in [0.2, 0.25) is 0 Å². The van der Waals surface area contributed by atoms with Crippen molar-refractivity contribution in [2.24, 2.45) is 0 Å². The maximum atomic E-state index is 9.11. The highest BCUT2D eigenvalue weighted by Gasteiger charge is 2.28. The lowest BCUT2D eigenvalue weighted by atomic mass is 9.80. The number of halogens is 1. The van der Waals surface area contributed by atoms with Crippen LogP contribution in [0.3, 0.4) is 0 Å². The number of hydrogen-bond acceptors (Lipinski definition) is 2. The Balaban J connectivity index is 2.48. The summed E-state index contributed by atoms with van der Waals surface area (Å²) in [5.74, 6) is 0.975. The highest BCUT2D eigenvalue weighted by atomic mass is 35.5. The van der Waals surface area contributed by atoms with E-state index < -0.39 is 0 Å². The van der Waals surface area contributed by atoms with Gasteiger partial charge in [0.05, 0.1) is 6.61 Å². The van der Waals surface area contributed by atoms with E-state index in [9.17, 15) is 0 Å². The maximum Gasteiger partial charge on any atom is 0.126 e. The zero-order chi connectivity index (χ0) is 11.8. The van der Waals surface area contributed by atoms with E-state index in [1.165, 1.54) is 5.56 Å². The van der Waals surface area contributed by atoms with E-state index in [1.807, 2.05) is 12.1 Å². The first-order valence-corrected chi connectivity index (χ1v) is 5.99. The summed E-state index contributed by atoms with van der Waals surface area (Å²) in [7, 11) is 0. The summed E-state index contributed by atoms with van der Waals surface area (Å²) in [5.41, 5.74) is 2.20. The molecular formula is C13H17ClO2. The Morgan fingerprint density at radius 3 is 2.88 bits per heavy atom. The van der Waals surface area contributed by atoms with Crippen LogP contribution in [-0.4, -0.2) is 18.3 Å². The third-order valence-electron chi connectivity index (χ3n) is 3.21. The van der Waals surface area contributed by atoms with Gasteiger partial charge in [0.15, 0.2) is 0 Å². The first-order chi connectivity index (χ1) is 7.54. The number of hydrogen-bond donors (Lipinski definition) is 1. The number of fused-ring (bicyclic) bond motifs is 1. The molecule has 0 saturated heterocycles. The Labute approximate surface area is 101 Å². The van der Waals surface area contributed by atoms with Crippen LogP contribution in [0.4, 0.5) is 0 Å². The molecule has 0 radical (unpaired) electrons. The molecule has 0 aromatic heterocycles. The van der Waals surface area contributed by atoms with Crippen LogP contribution in [0.1, 0.15) is 31.4 Å². The molecule has 1 aliphatic rings. The molecule has 1 aromatic rings. The quantitative estimate of drug-likeness (QED) is 0.880. The molecule has 0 atom stereocenters. The minimum absolute atomic E-state index is 0.103. The van der Waals surface area contributed by atoms with Gasteiger partial charge in [-0.15, -0.1) is 0 Å². The van der Waals surface area contributed by atoms with Crippen molar-refractivity contribution in [3.05, 3.63) is 28.3 Å². The van der Waals surface area contributed by atoms with Crippen molar-refractivity contribution >= 4 is 11.6 Å². The Bertz CT molecular complexity index is 399. The average Bonchev–Trinajstić information content (AvgIpc) is 2.63. The molecule has 3 heteroatoms. The summed E-state index contributed by atoms with van der Waals surface area (Å²) in [6.45, 7) is 5.12. The van der Waals surface area contributed by atoms with Crippen molar-refractivity contribution in [2.45, 2.75) is 32.1 Å². The van der Waals surface area contributed by atoms with Crippen LogP contribution >= 0.6 is 11.6 Å². The van der Waals surface area contributed by atoms with E-state index in [-0.39, 0.29) is 12.0 Å². The fraction of sp³-hybridized carbons (Fsp3) is 0.538. The molecule has 88 valence electrons. The van der Waals surface area contributed by atoms with Crippen LogP contribution in [0.15, 0.2) is 12.1 Å². The van der Waals surface area contributed by atoms with E-state index >= 15 is 0 Å². The van der Waals surface area contributed by atoms with Crippen LogP contribution in [0.5, 0.6) is 5.75 Å². The SMILES string of the molecule is CC(C)(CCO)c1cc(Cl)cc2c1OCC2. The van der Waals surface area contributed by atoms with Crippen LogP contribution in [0.2, 0.25) is 5.02 Å². The van der Waals surface area contributed by atoms with Gasteiger partial charge in [-0.3, -0.25) is 0 Å². The van der Waals surface area contributed by atoms with Crippen molar-refractivity contribution in [2.75, 3.05) is 13.2 Å². The second-order valence-corrected chi connectivity index (χ2v) is 5.33. The first-order valence-electron chi connectivity index (χ1n) is 5.61. The Morgan fingerprint density at radius 2 is 2.19 bits per heavy atom. The molecule has 0 amide bonds. The largest absolute Gasteiger partial charge is 0.493 e. The molecule has 2 nitrogen and oxygen atoms in total. The Morgan fingerprint density at radius 1 is 1.44 bits per heavy atom. The van der Waals surface area contributed by atoms with E-state index in [4.69, 9.17) is 21.4 Å². The summed E-state index contributed by atoms with van der Waals surface area (Å²) >= 11 is 6.12. The van der Waals surface area contributed by atoms with Crippen LogP contribution in [0, 0.1) is 0 Å². The topological polar surface area (TPSA) is 29.5 Å². The van der Waals surface area contributed by atoms with Gasteiger partial charge in [-0.25, -0.2) is 0 Å². The smallest absolute Gasteiger partial charge is 0.126 e. The van der Waals surface area contributed by atoms with Crippen LogP contribution in [0.25, 0.3) is 0 Å². The number of aliphatic hydroxyl groups is 1. The minimum atomic E-state index is -0.103. The minimum Gasteiger partial charge on any atom is -0.493 e. The van der Waals surface area contributed by atoms with Gasteiger partial charge in [-0.2, -0.15) is 0 Å². The molecule has 0 aliphatic carbocycles. The highest BCUT2D eigenvalue weighted by Crippen LogP contribution is 2.41. The third-order valence-corrected chi connectivity index (χ3v) is 3.43. The van der Waals surface area contributed by atoms with E-state index in [2.05, 4.69) is 13.8 Å². The van der Waals surface area contributed by atoms with Crippen molar-refractivity contribution in [3.8, 4) is 5.75 Å². The summed E-state index contributed by atoms with van der Waals surface area (Å²) in [6, 6.07) is 3.93. The molecule has 16 heavy (non-hydrogen) atoms. The number of ether oxygens (including phenoxy) is 1. The van der Waals surface area contributed by atoms with E-state index in [0.717, 1.165) is 29.4 Å². The van der Waals surface area contributed by atoms with Crippen molar-refractivity contribution in [3.63, 3.8) is 0 Å². The standard InChI is InChI=1S/C13H17ClO2/c1-13(2,4-5-15)11-8-10(14)7-9-3-6-16-12(9)11/h7-8,15H,3-6H2,1-2H3. The van der Waals surface area contributed by atoms with Crippen molar-refractivity contribution in [1.29, 1.82) is 0 Å². The maximum absolute atomic E-state index is 9.11. The average molecular weight is 241 g/mol. The van der Waals surface area contributed by atoms with Crippen molar-refractivity contribution in [1.82, 2.24) is 0 Å². The van der Waals surface area contributed by atoms with Gasteiger partial charge < -0.3 is 9.84 Å². The predicted molar refractivity (Wildman–Crippen MR) is 65.4 cm³/mol. The molecule has 1 N–H and O–H groups in total. The van der Waals surface area contributed by atoms with Gasteiger partial charge in [0.25, 0.3) is 0 Å². The first kappa shape index (κ1) is 11.7. The van der Waals surface area contributed by atoms with Gasteiger partial charge in [-0.05, 0) is 29.5 Å². The van der Waals surface area contributed by atoms with Gasteiger partial charge in [-0.1, -0.05) is 25.4 Å². The van der Waals surface area contributed by atoms with Gasteiger partial charge in [0.1, 0.15) is 5.75 Å². The monoisotopic (exact) mass is 240 g/mol. The predicted octanol–water partition coefficient (Wildman–Crippen LogP) is 2.93. The molecule has 0 fully saturated rings. The summed E-state index contributed by atoms with van der Waals surface area (Å²) < 4.78 is 5.68. The van der Waals surface area contributed by atoms with Crippen LogP contribution < -0.4 is 4.74 Å².